The molecule has 1 atom stereocenters. The molecule has 29 heavy (non-hydrogen) atoms. The molecule has 1 aromatic carbocycles. The van der Waals surface area contributed by atoms with Crippen LogP contribution in [0.4, 0.5) is 10.6 Å². The Morgan fingerprint density at radius 3 is 2.52 bits per heavy atom. The number of carbonyl (C=O) groups is 1. The number of sulfone groups is 1. The highest BCUT2D eigenvalue weighted by atomic mass is 32.2. The zero-order valence-electron chi connectivity index (χ0n) is 17.0. The number of ether oxygens (including phenoxy) is 1. The zero-order chi connectivity index (χ0) is 21.8. The minimum absolute atomic E-state index is 0.0416. The summed E-state index contributed by atoms with van der Waals surface area (Å²) in [6.45, 7) is 6.17. The van der Waals surface area contributed by atoms with Crippen molar-refractivity contribution in [1.82, 2.24) is 4.98 Å². The second-order valence-electron chi connectivity index (χ2n) is 7.83. The predicted octanol–water partition coefficient (Wildman–Crippen LogP) is 3.38. The number of rotatable bonds is 8. The third-order valence-electron chi connectivity index (χ3n) is 4.10. The van der Waals surface area contributed by atoms with Crippen LogP contribution in [0.5, 0.6) is 5.75 Å². The molecule has 2 aromatic rings. The maximum absolute atomic E-state index is 12.3. The van der Waals surface area contributed by atoms with Crippen LogP contribution in [0.3, 0.4) is 0 Å². The second kappa shape index (κ2) is 8.79. The van der Waals surface area contributed by atoms with E-state index in [2.05, 4.69) is 24.1 Å². The molecule has 1 aromatic heterocycles. The highest BCUT2D eigenvalue weighted by Gasteiger charge is 2.23. The molecule has 0 saturated heterocycles. The van der Waals surface area contributed by atoms with Crippen molar-refractivity contribution in [3.05, 3.63) is 36.5 Å². The van der Waals surface area contributed by atoms with E-state index in [1.807, 2.05) is 6.92 Å². The van der Waals surface area contributed by atoms with Crippen LogP contribution < -0.4 is 15.8 Å². The lowest BCUT2D eigenvalue weighted by Crippen LogP contribution is -2.43. The van der Waals surface area contributed by atoms with Crippen molar-refractivity contribution in [3.63, 3.8) is 0 Å². The fraction of sp³-hybridized carbons (Fsp3) is 0.400. The maximum atomic E-state index is 12.3. The number of nitrogens with one attached hydrogen (secondary N) is 1. The average molecular weight is 422 g/mol. The fourth-order valence-corrected chi connectivity index (χ4v) is 3.95. The van der Waals surface area contributed by atoms with Crippen LogP contribution in [-0.2, 0) is 9.84 Å². The molecule has 0 saturated carbocycles. The number of anilines is 1. The number of aromatic nitrogens is 1. The molecule has 0 fully saturated rings. The van der Waals surface area contributed by atoms with Crippen LogP contribution in [0.1, 0.15) is 27.2 Å². The molecule has 0 radical (unpaired) electrons. The number of hydrogen-bond donors (Lipinski definition) is 3. The van der Waals surface area contributed by atoms with E-state index in [9.17, 15) is 13.2 Å². The summed E-state index contributed by atoms with van der Waals surface area (Å²) in [4.78, 5) is 14.8. The summed E-state index contributed by atoms with van der Waals surface area (Å²) in [6, 6.07) is 7.98. The molecule has 1 unspecified atom stereocenters. The molecule has 2 rings (SSSR count). The van der Waals surface area contributed by atoms with Crippen molar-refractivity contribution < 1.29 is 23.1 Å². The molecule has 0 bridgehead atoms. The fourth-order valence-electron chi connectivity index (χ4n) is 3.12. The monoisotopic (exact) mass is 421 g/mol. The van der Waals surface area contributed by atoms with Gasteiger partial charge in [-0.2, -0.15) is 0 Å². The van der Waals surface area contributed by atoms with Gasteiger partial charge in [-0.3, -0.25) is 5.32 Å². The number of nitrogens with two attached hydrogens (primary N) is 1. The van der Waals surface area contributed by atoms with Gasteiger partial charge in [0.25, 0.3) is 0 Å². The SMILES string of the molecule is CC(C)CC(C)(N)COc1ccc(-c2ccnc(NC(=O)O)c2)cc1S(C)(=O)=O. The molecule has 158 valence electrons. The van der Waals surface area contributed by atoms with Crippen LogP contribution in [0.15, 0.2) is 41.4 Å². The van der Waals surface area contributed by atoms with Gasteiger partial charge in [0.2, 0.25) is 0 Å². The average Bonchev–Trinajstić information content (AvgIpc) is 2.57. The van der Waals surface area contributed by atoms with Crippen molar-refractivity contribution in [3.8, 4) is 16.9 Å². The lowest BCUT2D eigenvalue weighted by atomic mass is 9.93. The number of nitrogens with zero attached hydrogens (tertiary/aromatic N) is 1. The Hall–Kier alpha value is -2.65. The van der Waals surface area contributed by atoms with Gasteiger partial charge in [0, 0.05) is 18.0 Å². The number of hydrogen-bond acceptors (Lipinski definition) is 6. The zero-order valence-corrected chi connectivity index (χ0v) is 17.8. The Morgan fingerprint density at radius 2 is 1.93 bits per heavy atom. The van der Waals surface area contributed by atoms with Gasteiger partial charge in [-0.05, 0) is 54.7 Å². The van der Waals surface area contributed by atoms with Crippen LogP contribution in [-0.4, -0.2) is 43.0 Å². The van der Waals surface area contributed by atoms with Gasteiger partial charge in [-0.1, -0.05) is 19.9 Å². The Kier molecular flexibility index (Phi) is 6.86. The van der Waals surface area contributed by atoms with E-state index in [4.69, 9.17) is 15.6 Å². The number of benzene rings is 1. The number of carboxylic acid groups (broad SMARTS) is 1. The van der Waals surface area contributed by atoms with Crippen molar-refractivity contribution >= 4 is 21.7 Å². The van der Waals surface area contributed by atoms with E-state index in [-0.39, 0.29) is 23.1 Å². The van der Waals surface area contributed by atoms with Crippen molar-refractivity contribution in [2.24, 2.45) is 11.7 Å². The molecule has 0 spiro atoms. The molecule has 8 nitrogen and oxygen atoms in total. The van der Waals surface area contributed by atoms with E-state index >= 15 is 0 Å². The van der Waals surface area contributed by atoms with Crippen molar-refractivity contribution in [2.75, 3.05) is 18.2 Å². The van der Waals surface area contributed by atoms with Gasteiger partial charge in [0.15, 0.2) is 9.84 Å². The second-order valence-corrected chi connectivity index (χ2v) is 9.82. The first-order valence-electron chi connectivity index (χ1n) is 9.09. The molecule has 4 N–H and O–H groups in total. The highest BCUT2D eigenvalue weighted by molar-refractivity contribution is 7.90. The Bertz CT molecular complexity index is 987. The van der Waals surface area contributed by atoms with Gasteiger partial charge in [-0.25, -0.2) is 18.2 Å². The van der Waals surface area contributed by atoms with Crippen molar-refractivity contribution in [1.29, 1.82) is 0 Å². The molecular weight excluding hydrogens is 394 g/mol. The smallest absolute Gasteiger partial charge is 0.410 e. The van der Waals surface area contributed by atoms with Gasteiger partial charge in [-0.15, -0.1) is 0 Å². The highest BCUT2D eigenvalue weighted by Crippen LogP contribution is 2.31. The van der Waals surface area contributed by atoms with Gasteiger partial charge in [0.05, 0.1) is 0 Å². The van der Waals surface area contributed by atoms with E-state index in [1.54, 1.807) is 18.2 Å². The van der Waals surface area contributed by atoms with E-state index < -0.39 is 21.5 Å². The van der Waals surface area contributed by atoms with Crippen LogP contribution in [0.2, 0.25) is 0 Å². The first-order valence-corrected chi connectivity index (χ1v) is 11.0. The van der Waals surface area contributed by atoms with E-state index in [0.717, 1.165) is 12.7 Å². The van der Waals surface area contributed by atoms with Crippen LogP contribution in [0, 0.1) is 5.92 Å². The third-order valence-corrected chi connectivity index (χ3v) is 5.22. The summed E-state index contributed by atoms with van der Waals surface area (Å²) in [6.07, 6.45) is 2.05. The normalized spacial score (nSPS) is 13.7. The van der Waals surface area contributed by atoms with Gasteiger partial charge >= 0.3 is 6.09 Å². The molecule has 9 heteroatoms. The maximum Gasteiger partial charge on any atom is 0.410 e. The Balaban J connectivity index is 2.37. The van der Waals surface area contributed by atoms with E-state index in [0.29, 0.717) is 17.0 Å². The lowest BCUT2D eigenvalue weighted by Gasteiger charge is -2.27. The molecule has 0 aliphatic heterocycles. The largest absolute Gasteiger partial charge is 0.490 e. The Morgan fingerprint density at radius 1 is 1.28 bits per heavy atom. The summed E-state index contributed by atoms with van der Waals surface area (Å²) in [5.41, 5.74) is 6.88. The minimum atomic E-state index is -3.58. The summed E-state index contributed by atoms with van der Waals surface area (Å²) < 4.78 is 30.5. The molecule has 0 aliphatic rings. The first-order chi connectivity index (χ1) is 13.4. The van der Waals surface area contributed by atoms with Crippen LogP contribution in [0.25, 0.3) is 11.1 Å². The van der Waals surface area contributed by atoms with Crippen molar-refractivity contribution in [2.45, 2.75) is 37.6 Å². The third kappa shape index (κ3) is 6.72. The van der Waals surface area contributed by atoms with E-state index in [1.165, 1.54) is 18.3 Å². The topological polar surface area (TPSA) is 132 Å². The predicted molar refractivity (Wildman–Crippen MR) is 112 cm³/mol. The molecule has 0 aliphatic carbocycles. The quantitative estimate of drug-likeness (QED) is 0.595. The molecule has 1 heterocycles. The number of amides is 1. The summed E-state index contributed by atoms with van der Waals surface area (Å²) in [7, 11) is -3.58. The Labute approximate surface area is 171 Å². The lowest BCUT2D eigenvalue weighted by molar-refractivity contribution is 0.203. The first kappa shape index (κ1) is 22.6. The molecular formula is C20H27N3O5S. The summed E-state index contributed by atoms with van der Waals surface area (Å²) >= 11 is 0. The van der Waals surface area contributed by atoms with Crippen LogP contribution >= 0.6 is 0 Å². The summed E-state index contributed by atoms with van der Waals surface area (Å²) in [5.74, 6) is 0.754. The minimum Gasteiger partial charge on any atom is -0.490 e. The van der Waals surface area contributed by atoms with Gasteiger partial charge in [0.1, 0.15) is 23.1 Å². The summed E-state index contributed by atoms with van der Waals surface area (Å²) in [5, 5.41) is 11.0. The standard InChI is InChI=1S/C20H27N3O5S/c1-13(2)11-20(3,21)12-28-16-6-5-14(9-17(16)29(4,26)27)15-7-8-22-18(10-15)23-19(24)25/h5-10,13H,11-12,21H2,1-4H3,(H,22,23)(H,24,25). The number of pyridine rings is 1. The van der Waals surface area contributed by atoms with Gasteiger partial charge < -0.3 is 15.6 Å². The molecule has 1 amide bonds.